The van der Waals surface area contributed by atoms with E-state index in [0.29, 0.717) is 18.0 Å². The van der Waals surface area contributed by atoms with Crippen LogP contribution >= 0.6 is 11.6 Å². The molecule has 0 spiro atoms. The Morgan fingerprint density at radius 3 is 2.55 bits per heavy atom. The van der Waals surface area contributed by atoms with Crippen LogP contribution in [0.4, 0.5) is 0 Å². The molecule has 2 N–H and O–H groups in total. The van der Waals surface area contributed by atoms with E-state index in [2.05, 4.69) is 31.0 Å². The first kappa shape index (κ1) is 15.8. The summed E-state index contributed by atoms with van der Waals surface area (Å²) in [4.78, 5) is 2.43. The van der Waals surface area contributed by atoms with Crippen molar-refractivity contribution in [3.63, 3.8) is 0 Å². The molecule has 2 rings (SSSR count). The highest BCUT2D eigenvalue weighted by molar-refractivity contribution is 6.30. The van der Waals surface area contributed by atoms with Crippen molar-refractivity contribution >= 4 is 11.6 Å². The Kier molecular flexibility index (Phi) is 5.88. The fourth-order valence-corrected chi connectivity index (χ4v) is 3.29. The van der Waals surface area contributed by atoms with Gasteiger partial charge in [-0.15, -0.1) is 0 Å². The third-order valence-corrected chi connectivity index (χ3v) is 5.01. The minimum atomic E-state index is 0.373. The molecule has 0 saturated heterocycles. The number of benzene rings is 1. The molecule has 3 unspecified atom stereocenters. The molecule has 0 amide bonds. The summed E-state index contributed by atoms with van der Waals surface area (Å²) >= 11 is 5.96. The van der Waals surface area contributed by atoms with Crippen molar-refractivity contribution in [2.75, 3.05) is 13.6 Å². The van der Waals surface area contributed by atoms with E-state index in [9.17, 15) is 0 Å². The number of hydrogen-bond donors (Lipinski definition) is 1. The maximum absolute atomic E-state index is 6.34. The molecule has 1 aliphatic carbocycles. The topological polar surface area (TPSA) is 29.3 Å². The smallest absolute Gasteiger partial charge is 0.0406 e. The molecule has 0 aliphatic heterocycles. The Hall–Kier alpha value is -0.570. The number of nitrogens with zero attached hydrogens (tertiary/aromatic N) is 1. The standard InChI is InChI=1S/C17H27ClN2/c1-13(14-8-10-16(18)11-9-14)20(2)12-15-6-4-3-5-7-17(15)19/h8-11,13,15,17H,3-7,12,19H2,1-2H3. The van der Waals surface area contributed by atoms with Gasteiger partial charge in [-0.3, -0.25) is 4.90 Å². The minimum absolute atomic E-state index is 0.373. The first-order valence-corrected chi connectivity index (χ1v) is 8.17. The fraction of sp³-hybridized carbons (Fsp3) is 0.647. The Bertz CT molecular complexity index is 404. The Morgan fingerprint density at radius 1 is 1.20 bits per heavy atom. The Balaban J connectivity index is 1.95. The molecule has 1 saturated carbocycles. The van der Waals surface area contributed by atoms with Crippen LogP contribution in [0.2, 0.25) is 5.02 Å². The normalized spacial score (nSPS) is 25.4. The quantitative estimate of drug-likeness (QED) is 0.842. The van der Waals surface area contributed by atoms with Crippen molar-refractivity contribution in [3.05, 3.63) is 34.9 Å². The van der Waals surface area contributed by atoms with E-state index in [1.54, 1.807) is 0 Å². The molecular weight excluding hydrogens is 268 g/mol. The Morgan fingerprint density at radius 2 is 1.85 bits per heavy atom. The van der Waals surface area contributed by atoms with Gasteiger partial charge in [-0.2, -0.15) is 0 Å². The lowest BCUT2D eigenvalue weighted by Gasteiger charge is -2.31. The third-order valence-electron chi connectivity index (χ3n) is 4.75. The maximum atomic E-state index is 6.34. The number of hydrogen-bond acceptors (Lipinski definition) is 2. The molecule has 1 fully saturated rings. The van der Waals surface area contributed by atoms with E-state index in [-0.39, 0.29) is 0 Å². The second kappa shape index (κ2) is 7.44. The predicted octanol–water partition coefficient (Wildman–Crippen LogP) is 4.24. The van der Waals surface area contributed by atoms with Gasteiger partial charge < -0.3 is 5.73 Å². The first-order valence-electron chi connectivity index (χ1n) is 7.79. The summed E-state index contributed by atoms with van der Waals surface area (Å²) in [6, 6.07) is 8.96. The van der Waals surface area contributed by atoms with Crippen molar-refractivity contribution in [1.82, 2.24) is 4.90 Å². The van der Waals surface area contributed by atoms with Crippen LogP contribution < -0.4 is 5.73 Å². The number of nitrogens with two attached hydrogens (primary N) is 1. The summed E-state index contributed by atoms with van der Waals surface area (Å²) in [5.41, 5.74) is 7.66. The van der Waals surface area contributed by atoms with E-state index >= 15 is 0 Å². The molecule has 1 aromatic rings. The van der Waals surface area contributed by atoms with Crippen molar-refractivity contribution in [2.45, 2.75) is 51.1 Å². The predicted molar refractivity (Wildman–Crippen MR) is 87.0 cm³/mol. The average molecular weight is 295 g/mol. The third kappa shape index (κ3) is 4.21. The van der Waals surface area contributed by atoms with Gasteiger partial charge in [-0.1, -0.05) is 43.0 Å². The molecule has 3 heteroatoms. The van der Waals surface area contributed by atoms with Crippen LogP contribution in [0.15, 0.2) is 24.3 Å². The Labute approximate surface area is 128 Å². The zero-order valence-corrected chi connectivity index (χ0v) is 13.4. The van der Waals surface area contributed by atoms with E-state index < -0.39 is 0 Å². The maximum Gasteiger partial charge on any atom is 0.0406 e. The molecule has 0 radical (unpaired) electrons. The van der Waals surface area contributed by atoms with Crippen LogP contribution in [0.5, 0.6) is 0 Å². The highest BCUT2D eigenvalue weighted by atomic mass is 35.5. The first-order chi connectivity index (χ1) is 9.58. The molecule has 2 nitrogen and oxygen atoms in total. The lowest BCUT2D eigenvalue weighted by Crippen LogP contribution is -2.38. The highest BCUT2D eigenvalue weighted by Gasteiger charge is 2.23. The fourth-order valence-electron chi connectivity index (χ4n) is 3.16. The SMILES string of the molecule is CC(c1ccc(Cl)cc1)N(C)CC1CCCCCC1N. The van der Waals surface area contributed by atoms with Gasteiger partial charge in [0.05, 0.1) is 0 Å². The largest absolute Gasteiger partial charge is 0.327 e. The van der Waals surface area contributed by atoms with Crippen molar-refractivity contribution < 1.29 is 0 Å². The van der Waals surface area contributed by atoms with Crippen LogP contribution in [-0.4, -0.2) is 24.5 Å². The summed E-state index contributed by atoms with van der Waals surface area (Å²) in [7, 11) is 2.21. The van der Waals surface area contributed by atoms with Crippen LogP contribution in [0.1, 0.15) is 50.6 Å². The van der Waals surface area contributed by atoms with E-state index in [4.69, 9.17) is 17.3 Å². The number of rotatable bonds is 4. The monoisotopic (exact) mass is 294 g/mol. The summed E-state index contributed by atoms with van der Waals surface area (Å²) in [5, 5.41) is 0.800. The van der Waals surface area contributed by atoms with Gasteiger partial charge in [0.15, 0.2) is 0 Å². The van der Waals surface area contributed by atoms with Crippen molar-refractivity contribution in [3.8, 4) is 0 Å². The molecule has 3 atom stereocenters. The van der Waals surface area contributed by atoms with E-state index in [1.807, 2.05) is 12.1 Å². The number of halogens is 1. The van der Waals surface area contributed by atoms with Crippen LogP contribution in [0.3, 0.4) is 0 Å². The highest BCUT2D eigenvalue weighted by Crippen LogP contribution is 2.26. The van der Waals surface area contributed by atoms with E-state index in [0.717, 1.165) is 11.6 Å². The summed E-state index contributed by atoms with van der Waals surface area (Å²) in [5.74, 6) is 0.636. The minimum Gasteiger partial charge on any atom is -0.327 e. The average Bonchev–Trinajstić information content (AvgIpc) is 2.64. The van der Waals surface area contributed by atoms with Gasteiger partial charge in [-0.25, -0.2) is 0 Å². The summed E-state index contributed by atoms with van der Waals surface area (Å²) < 4.78 is 0. The van der Waals surface area contributed by atoms with Gasteiger partial charge in [0.25, 0.3) is 0 Å². The van der Waals surface area contributed by atoms with Crippen LogP contribution in [-0.2, 0) is 0 Å². The molecule has 0 aromatic heterocycles. The van der Waals surface area contributed by atoms with Gasteiger partial charge in [0.2, 0.25) is 0 Å². The van der Waals surface area contributed by atoms with Crippen LogP contribution in [0, 0.1) is 5.92 Å². The zero-order valence-electron chi connectivity index (χ0n) is 12.7. The summed E-state index contributed by atoms with van der Waals surface area (Å²) in [6.45, 7) is 3.34. The second-order valence-corrected chi connectivity index (χ2v) is 6.67. The van der Waals surface area contributed by atoms with Crippen molar-refractivity contribution in [1.29, 1.82) is 0 Å². The lowest BCUT2D eigenvalue weighted by molar-refractivity contribution is 0.197. The summed E-state index contributed by atoms with van der Waals surface area (Å²) in [6.07, 6.45) is 6.45. The van der Waals surface area contributed by atoms with Gasteiger partial charge in [0.1, 0.15) is 0 Å². The molecule has 0 heterocycles. The van der Waals surface area contributed by atoms with Crippen LogP contribution in [0.25, 0.3) is 0 Å². The zero-order chi connectivity index (χ0) is 14.5. The molecule has 1 aliphatic rings. The molecule has 20 heavy (non-hydrogen) atoms. The second-order valence-electron chi connectivity index (χ2n) is 6.23. The molecule has 0 bridgehead atoms. The van der Waals surface area contributed by atoms with Gasteiger partial charge >= 0.3 is 0 Å². The molecular formula is C17H27ClN2. The van der Waals surface area contributed by atoms with Gasteiger partial charge in [-0.05, 0) is 50.4 Å². The van der Waals surface area contributed by atoms with Crippen molar-refractivity contribution in [2.24, 2.45) is 11.7 Å². The molecule has 1 aromatic carbocycles. The van der Waals surface area contributed by atoms with E-state index in [1.165, 1.54) is 37.7 Å². The lowest BCUT2D eigenvalue weighted by atomic mass is 9.94. The molecule has 112 valence electrons. The van der Waals surface area contributed by atoms with Gasteiger partial charge in [0, 0.05) is 23.7 Å².